The minimum absolute atomic E-state index is 0.232. The zero-order valence-electron chi connectivity index (χ0n) is 10.9. The molecule has 2 aromatic heterocycles. The molecule has 5 heteroatoms. The van der Waals surface area contributed by atoms with Gasteiger partial charge < -0.3 is 14.6 Å². The van der Waals surface area contributed by atoms with Crippen LogP contribution < -0.4 is 5.32 Å². The number of hydrogen-bond donors (Lipinski definition) is 1. The first-order valence-electron chi connectivity index (χ1n) is 5.92. The number of rotatable bonds is 5. The van der Waals surface area contributed by atoms with Gasteiger partial charge >= 0.3 is 0 Å². The van der Waals surface area contributed by atoms with Crippen LogP contribution in [0.5, 0.6) is 0 Å². The Kier molecular flexibility index (Phi) is 3.94. The standard InChI is InChI=1S/C13H18N4O/c1-10-8-17(11(2)9-18-3)13(15-10)16-12-5-4-6-14-7-12/h4-8,11H,9H2,1-3H3,(H,15,16). The normalized spacial score (nSPS) is 12.4. The molecular weight excluding hydrogens is 228 g/mol. The average molecular weight is 246 g/mol. The quantitative estimate of drug-likeness (QED) is 0.880. The van der Waals surface area contributed by atoms with Crippen LogP contribution in [-0.2, 0) is 4.74 Å². The summed E-state index contributed by atoms with van der Waals surface area (Å²) in [5.74, 6) is 0.810. The number of aromatic nitrogens is 3. The molecule has 18 heavy (non-hydrogen) atoms. The molecule has 0 aliphatic carbocycles. The number of aryl methyl sites for hydroxylation is 1. The van der Waals surface area contributed by atoms with Gasteiger partial charge in [-0.3, -0.25) is 4.98 Å². The SMILES string of the molecule is COCC(C)n1cc(C)nc1Nc1cccnc1. The Morgan fingerprint density at radius 2 is 2.33 bits per heavy atom. The van der Waals surface area contributed by atoms with Crippen molar-refractivity contribution in [3.63, 3.8) is 0 Å². The second kappa shape index (κ2) is 5.64. The zero-order chi connectivity index (χ0) is 13.0. The highest BCUT2D eigenvalue weighted by atomic mass is 16.5. The summed E-state index contributed by atoms with van der Waals surface area (Å²) in [7, 11) is 1.70. The van der Waals surface area contributed by atoms with Crippen molar-refractivity contribution >= 4 is 11.6 Å². The fourth-order valence-corrected chi connectivity index (χ4v) is 1.83. The van der Waals surface area contributed by atoms with E-state index >= 15 is 0 Å². The molecule has 0 radical (unpaired) electrons. The van der Waals surface area contributed by atoms with E-state index in [9.17, 15) is 0 Å². The second-order valence-electron chi connectivity index (χ2n) is 4.28. The minimum Gasteiger partial charge on any atom is -0.383 e. The number of pyridine rings is 1. The third kappa shape index (κ3) is 2.87. The average Bonchev–Trinajstić information content (AvgIpc) is 2.72. The molecule has 0 saturated carbocycles. The number of nitrogens with zero attached hydrogens (tertiary/aromatic N) is 3. The summed E-state index contributed by atoms with van der Waals surface area (Å²) in [6.07, 6.45) is 5.54. The molecule has 0 aliphatic heterocycles. The van der Waals surface area contributed by atoms with Crippen LogP contribution in [0.4, 0.5) is 11.6 Å². The van der Waals surface area contributed by atoms with Gasteiger partial charge in [0, 0.05) is 19.5 Å². The summed E-state index contributed by atoms with van der Waals surface area (Å²) in [5.41, 5.74) is 1.90. The molecule has 0 amide bonds. The van der Waals surface area contributed by atoms with Gasteiger partial charge in [-0.05, 0) is 26.0 Å². The number of nitrogens with one attached hydrogen (secondary N) is 1. The molecule has 2 heterocycles. The van der Waals surface area contributed by atoms with Crippen LogP contribution in [0.2, 0.25) is 0 Å². The molecule has 2 rings (SSSR count). The molecule has 96 valence electrons. The Bertz CT molecular complexity index is 495. The number of ether oxygens (including phenoxy) is 1. The molecule has 0 spiro atoms. The van der Waals surface area contributed by atoms with Crippen molar-refractivity contribution in [3.8, 4) is 0 Å². The summed E-state index contributed by atoms with van der Waals surface area (Å²) in [6, 6.07) is 4.08. The second-order valence-corrected chi connectivity index (χ2v) is 4.28. The maximum Gasteiger partial charge on any atom is 0.207 e. The van der Waals surface area contributed by atoms with Gasteiger partial charge in [0.05, 0.1) is 30.2 Å². The lowest BCUT2D eigenvalue weighted by Gasteiger charge is -2.15. The Hall–Kier alpha value is -1.88. The molecule has 5 nitrogen and oxygen atoms in total. The molecule has 0 fully saturated rings. The first-order valence-corrected chi connectivity index (χ1v) is 5.92. The van der Waals surface area contributed by atoms with E-state index in [0.717, 1.165) is 17.3 Å². The van der Waals surface area contributed by atoms with Gasteiger partial charge in [-0.1, -0.05) is 0 Å². The van der Waals surface area contributed by atoms with Crippen LogP contribution in [-0.4, -0.2) is 28.3 Å². The highest BCUT2D eigenvalue weighted by Gasteiger charge is 2.11. The van der Waals surface area contributed by atoms with Gasteiger partial charge in [0.25, 0.3) is 0 Å². The van der Waals surface area contributed by atoms with Crippen LogP contribution in [0, 0.1) is 6.92 Å². The van der Waals surface area contributed by atoms with E-state index in [2.05, 4.69) is 26.8 Å². The van der Waals surface area contributed by atoms with E-state index in [1.54, 1.807) is 19.5 Å². The Balaban J connectivity index is 2.22. The molecule has 0 saturated heterocycles. The van der Waals surface area contributed by atoms with Crippen molar-refractivity contribution in [2.45, 2.75) is 19.9 Å². The lowest BCUT2D eigenvalue weighted by atomic mass is 10.3. The van der Waals surface area contributed by atoms with Crippen molar-refractivity contribution in [1.29, 1.82) is 0 Å². The van der Waals surface area contributed by atoms with Gasteiger partial charge in [0.1, 0.15) is 0 Å². The summed E-state index contributed by atoms with van der Waals surface area (Å²) in [4.78, 5) is 8.55. The van der Waals surface area contributed by atoms with E-state index in [1.807, 2.05) is 25.3 Å². The summed E-state index contributed by atoms with van der Waals surface area (Å²) in [6.45, 7) is 4.72. The van der Waals surface area contributed by atoms with E-state index in [1.165, 1.54) is 0 Å². The molecule has 1 N–H and O–H groups in total. The van der Waals surface area contributed by atoms with Crippen LogP contribution in [0.25, 0.3) is 0 Å². The maximum atomic E-state index is 5.18. The van der Waals surface area contributed by atoms with Gasteiger partial charge in [-0.2, -0.15) is 0 Å². The lowest BCUT2D eigenvalue weighted by molar-refractivity contribution is 0.163. The van der Waals surface area contributed by atoms with Crippen LogP contribution in [0.15, 0.2) is 30.7 Å². The fourth-order valence-electron chi connectivity index (χ4n) is 1.83. The van der Waals surface area contributed by atoms with E-state index in [-0.39, 0.29) is 6.04 Å². The van der Waals surface area contributed by atoms with E-state index < -0.39 is 0 Å². The highest BCUT2D eigenvalue weighted by Crippen LogP contribution is 2.19. The number of methoxy groups -OCH3 is 1. The minimum atomic E-state index is 0.232. The summed E-state index contributed by atoms with van der Waals surface area (Å²) < 4.78 is 7.26. The molecule has 0 aliphatic rings. The van der Waals surface area contributed by atoms with E-state index in [4.69, 9.17) is 4.74 Å². The third-order valence-corrected chi connectivity index (χ3v) is 2.65. The van der Waals surface area contributed by atoms with Gasteiger partial charge in [0.2, 0.25) is 5.95 Å². The third-order valence-electron chi connectivity index (χ3n) is 2.65. The van der Waals surface area contributed by atoms with Crippen LogP contribution in [0.3, 0.4) is 0 Å². The molecule has 2 aromatic rings. The maximum absolute atomic E-state index is 5.18. The summed E-state index contributed by atoms with van der Waals surface area (Å²) in [5, 5.41) is 3.27. The zero-order valence-corrected chi connectivity index (χ0v) is 10.9. The number of imidazole rings is 1. The van der Waals surface area contributed by atoms with Gasteiger partial charge in [0.15, 0.2) is 0 Å². The van der Waals surface area contributed by atoms with Gasteiger partial charge in [-0.25, -0.2) is 4.98 Å². The van der Waals surface area contributed by atoms with Crippen molar-refractivity contribution in [1.82, 2.24) is 14.5 Å². The highest BCUT2D eigenvalue weighted by molar-refractivity contribution is 5.52. The first-order chi connectivity index (χ1) is 8.70. The van der Waals surface area contributed by atoms with Crippen molar-refractivity contribution < 1.29 is 4.74 Å². The van der Waals surface area contributed by atoms with Crippen molar-refractivity contribution in [2.75, 3.05) is 19.0 Å². The fraction of sp³-hybridized carbons (Fsp3) is 0.385. The Labute approximate surface area is 107 Å². The predicted octanol–water partition coefficient (Wildman–Crippen LogP) is 2.54. The van der Waals surface area contributed by atoms with Crippen LogP contribution >= 0.6 is 0 Å². The predicted molar refractivity (Wildman–Crippen MR) is 71.1 cm³/mol. The van der Waals surface area contributed by atoms with E-state index in [0.29, 0.717) is 6.61 Å². The van der Waals surface area contributed by atoms with Crippen molar-refractivity contribution in [3.05, 3.63) is 36.4 Å². The number of hydrogen-bond acceptors (Lipinski definition) is 4. The molecule has 1 atom stereocenters. The molecule has 0 aromatic carbocycles. The Morgan fingerprint density at radius 1 is 1.50 bits per heavy atom. The smallest absolute Gasteiger partial charge is 0.207 e. The molecule has 1 unspecified atom stereocenters. The molecular formula is C13H18N4O. The lowest BCUT2D eigenvalue weighted by Crippen LogP contribution is -2.12. The van der Waals surface area contributed by atoms with Crippen molar-refractivity contribution in [2.24, 2.45) is 0 Å². The van der Waals surface area contributed by atoms with Gasteiger partial charge in [-0.15, -0.1) is 0 Å². The van der Waals surface area contributed by atoms with Crippen LogP contribution in [0.1, 0.15) is 18.7 Å². The first kappa shape index (κ1) is 12.6. The largest absolute Gasteiger partial charge is 0.383 e. The Morgan fingerprint density at radius 3 is 3.00 bits per heavy atom. The summed E-state index contributed by atoms with van der Waals surface area (Å²) >= 11 is 0. The monoisotopic (exact) mass is 246 g/mol. The molecule has 0 bridgehead atoms. The topological polar surface area (TPSA) is 52.0 Å². The number of anilines is 2.